The Hall–Kier alpha value is -2.43. The molecule has 0 aliphatic carbocycles. The van der Waals surface area contributed by atoms with Crippen molar-refractivity contribution < 1.29 is 13.6 Å². The van der Waals surface area contributed by atoms with Gasteiger partial charge in [0.25, 0.3) is 0 Å². The average Bonchev–Trinajstić information content (AvgIpc) is 2.71. The molecule has 1 amide bonds. The van der Waals surface area contributed by atoms with Gasteiger partial charge in [-0.05, 0) is 53.3 Å². The van der Waals surface area contributed by atoms with E-state index in [9.17, 15) is 13.6 Å². The first-order valence-corrected chi connectivity index (χ1v) is 10.8. The highest BCUT2D eigenvalue weighted by molar-refractivity contribution is 5.91. The molecule has 0 radical (unpaired) electrons. The smallest absolute Gasteiger partial charge is 0.224 e. The molecule has 0 saturated carbocycles. The Kier molecular flexibility index (Phi) is 9.97. The Morgan fingerprint density at radius 3 is 2.27 bits per heavy atom. The maximum atomic E-state index is 14.5. The lowest BCUT2D eigenvalue weighted by atomic mass is 9.92. The molecule has 30 heavy (non-hydrogen) atoms. The van der Waals surface area contributed by atoms with Crippen molar-refractivity contribution in [3.63, 3.8) is 0 Å². The zero-order chi connectivity index (χ0) is 22.9. The predicted octanol–water partition coefficient (Wildman–Crippen LogP) is 6.95. The Bertz CT molecular complexity index is 828. The van der Waals surface area contributed by atoms with E-state index in [1.165, 1.54) is 12.1 Å². The summed E-state index contributed by atoms with van der Waals surface area (Å²) in [5.74, 6) is -0.869. The summed E-state index contributed by atoms with van der Waals surface area (Å²) in [5.41, 5.74) is 2.86. The van der Waals surface area contributed by atoms with Crippen molar-refractivity contribution in [1.82, 2.24) is 0 Å². The van der Waals surface area contributed by atoms with Crippen LogP contribution in [0.15, 0.2) is 36.4 Å². The number of rotatable bonds is 3. The number of anilines is 2. The van der Waals surface area contributed by atoms with Crippen LogP contribution in [0.1, 0.15) is 66.0 Å². The number of carbonyl (C=O) groups excluding carboxylic acids is 1. The number of amides is 1. The number of nitrogens with one attached hydrogen (secondary N) is 1. The van der Waals surface area contributed by atoms with E-state index in [2.05, 4.69) is 10.2 Å². The minimum absolute atomic E-state index is 0.152. The van der Waals surface area contributed by atoms with Crippen LogP contribution in [0.25, 0.3) is 0 Å². The Morgan fingerprint density at radius 2 is 1.67 bits per heavy atom. The Balaban J connectivity index is 0.00000106. The Labute approximate surface area is 180 Å². The molecule has 1 N–H and O–H groups in total. The molecule has 2 aromatic rings. The summed E-state index contributed by atoms with van der Waals surface area (Å²) >= 11 is 0. The molecule has 0 spiro atoms. The highest BCUT2D eigenvalue weighted by atomic mass is 19.1. The number of nitrogens with zero attached hydrogens (tertiary/aromatic N) is 1. The van der Waals surface area contributed by atoms with Gasteiger partial charge in [0.15, 0.2) is 0 Å². The summed E-state index contributed by atoms with van der Waals surface area (Å²) in [6, 6.07) is 9.67. The molecule has 0 unspecified atom stereocenters. The van der Waals surface area contributed by atoms with Crippen LogP contribution in [0.5, 0.6) is 0 Å². The largest absolute Gasteiger partial charge is 0.367 e. The molecular formula is C25H36F2N2O. The van der Waals surface area contributed by atoms with Crippen molar-refractivity contribution >= 4 is 17.3 Å². The van der Waals surface area contributed by atoms with Crippen molar-refractivity contribution in [3.8, 4) is 0 Å². The summed E-state index contributed by atoms with van der Waals surface area (Å²) in [6.45, 7) is 15.2. The third kappa shape index (κ3) is 7.43. The predicted molar refractivity (Wildman–Crippen MR) is 123 cm³/mol. The standard InChI is InChI=1S/C21H24F2N2O.2C2H6/c1-21(2,3)12-20(26)24-19-7-6-17(11-18(19)23)25-9-8-14-10-16(22)5-4-15(14)13-25;2*1-2/h4-7,10-11H,8-9,12-13H2,1-3H3,(H,24,26);2*1-2H3. The molecule has 2 aromatic carbocycles. The zero-order valence-corrected chi connectivity index (χ0v) is 19.4. The van der Waals surface area contributed by atoms with Crippen molar-refractivity contribution in [2.45, 2.75) is 67.9 Å². The Morgan fingerprint density at radius 1 is 1.00 bits per heavy atom. The van der Waals surface area contributed by atoms with Crippen molar-refractivity contribution in [2.24, 2.45) is 5.41 Å². The summed E-state index contributed by atoms with van der Waals surface area (Å²) in [6.07, 6.45) is 1.05. The van der Waals surface area contributed by atoms with Crippen LogP contribution < -0.4 is 10.2 Å². The fraction of sp³-hybridized carbons (Fsp3) is 0.480. The maximum absolute atomic E-state index is 14.5. The average molecular weight is 419 g/mol. The second-order valence-corrected chi connectivity index (χ2v) is 8.03. The number of benzene rings is 2. The third-order valence-electron chi connectivity index (χ3n) is 4.46. The monoisotopic (exact) mass is 418 g/mol. The van der Waals surface area contributed by atoms with E-state index in [0.29, 0.717) is 19.5 Å². The van der Waals surface area contributed by atoms with Gasteiger partial charge in [0.05, 0.1) is 5.69 Å². The zero-order valence-electron chi connectivity index (χ0n) is 19.4. The van der Waals surface area contributed by atoms with E-state index in [0.717, 1.165) is 23.2 Å². The second-order valence-electron chi connectivity index (χ2n) is 8.03. The highest BCUT2D eigenvalue weighted by Crippen LogP contribution is 2.28. The van der Waals surface area contributed by atoms with E-state index >= 15 is 0 Å². The fourth-order valence-corrected chi connectivity index (χ4v) is 3.22. The first-order valence-electron chi connectivity index (χ1n) is 10.8. The molecule has 0 bridgehead atoms. The van der Waals surface area contributed by atoms with E-state index in [4.69, 9.17) is 0 Å². The van der Waals surface area contributed by atoms with Crippen LogP contribution in [0.2, 0.25) is 0 Å². The normalized spacial score (nSPS) is 12.6. The van der Waals surface area contributed by atoms with E-state index in [1.54, 1.807) is 18.2 Å². The van der Waals surface area contributed by atoms with E-state index in [-0.39, 0.29) is 22.8 Å². The van der Waals surface area contributed by atoms with Crippen LogP contribution >= 0.6 is 0 Å². The first-order chi connectivity index (χ1) is 14.2. The molecule has 3 rings (SSSR count). The molecule has 3 nitrogen and oxygen atoms in total. The van der Waals surface area contributed by atoms with Gasteiger partial charge in [-0.1, -0.05) is 54.5 Å². The third-order valence-corrected chi connectivity index (χ3v) is 4.46. The first kappa shape index (κ1) is 25.6. The van der Waals surface area contributed by atoms with Crippen LogP contribution in [0, 0.1) is 17.0 Å². The van der Waals surface area contributed by atoms with Gasteiger partial charge in [-0.3, -0.25) is 4.79 Å². The lowest BCUT2D eigenvalue weighted by molar-refractivity contribution is -0.117. The van der Waals surface area contributed by atoms with Crippen LogP contribution in [-0.4, -0.2) is 12.5 Å². The molecule has 0 saturated heterocycles. The van der Waals surface area contributed by atoms with Crippen molar-refractivity contribution in [1.29, 1.82) is 0 Å². The minimum atomic E-state index is -0.449. The van der Waals surface area contributed by atoms with E-state index < -0.39 is 5.82 Å². The van der Waals surface area contributed by atoms with Gasteiger partial charge in [-0.15, -0.1) is 0 Å². The molecule has 1 heterocycles. The minimum Gasteiger partial charge on any atom is -0.367 e. The lowest BCUT2D eigenvalue weighted by Gasteiger charge is -2.31. The van der Waals surface area contributed by atoms with Crippen LogP contribution in [0.3, 0.4) is 0 Å². The van der Waals surface area contributed by atoms with Crippen LogP contribution in [-0.2, 0) is 17.8 Å². The quantitative estimate of drug-likeness (QED) is 0.585. The summed E-state index contributed by atoms with van der Waals surface area (Å²) < 4.78 is 27.8. The molecule has 0 aromatic heterocycles. The number of halogens is 2. The van der Waals surface area contributed by atoms with Gasteiger partial charge < -0.3 is 10.2 Å². The van der Waals surface area contributed by atoms with Gasteiger partial charge in [0.2, 0.25) is 5.91 Å². The molecule has 1 aliphatic heterocycles. The van der Waals surface area contributed by atoms with Crippen molar-refractivity contribution in [2.75, 3.05) is 16.8 Å². The number of hydrogen-bond acceptors (Lipinski definition) is 2. The number of hydrogen-bond donors (Lipinski definition) is 1. The molecule has 0 atom stereocenters. The van der Waals surface area contributed by atoms with Gasteiger partial charge in [0, 0.05) is 25.2 Å². The number of carbonyl (C=O) groups is 1. The lowest BCUT2D eigenvalue weighted by Crippen LogP contribution is -2.30. The maximum Gasteiger partial charge on any atom is 0.224 e. The van der Waals surface area contributed by atoms with Gasteiger partial charge in [0.1, 0.15) is 11.6 Å². The van der Waals surface area contributed by atoms with Gasteiger partial charge >= 0.3 is 0 Å². The van der Waals surface area contributed by atoms with E-state index in [1.807, 2.05) is 54.5 Å². The highest BCUT2D eigenvalue weighted by Gasteiger charge is 2.20. The molecule has 5 heteroatoms. The van der Waals surface area contributed by atoms with Crippen molar-refractivity contribution in [3.05, 3.63) is 59.2 Å². The molecule has 166 valence electrons. The van der Waals surface area contributed by atoms with Gasteiger partial charge in [-0.25, -0.2) is 8.78 Å². The molecule has 1 aliphatic rings. The second kappa shape index (κ2) is 11.7. The van der Waals surface area contributed by atoms with Crippen LogP contribution in [0.4, 0.5) is 20.2 Å². The fourth-order valence-electron chi connectivity index (χ4n) is 3.22. The van der Waals surface area contributed by atoms with Gasteiger partial charge in [-0.2, -0.15) is 0 Å². The number of fused-ring (bicyclic) bond motifs is 1. The summed E-state index contributed by atoms with van der Waals surface area (Å²) in [5, 5.41) is 2.64. The molecular weight excluding hydrogens is 382 g/mol. The summed E-state index contributed by atoms with van der Waals surface area (Å²) in [4.78, 5) is 14.1. The topological polar surface area (TPSA) is 32.3 Å². The molecule has 0 fully saturated rings. The SMILES string of the molecule is CC.CC.CC(C)(C)CC(=O)Nc1ccc(N2CCc3cc(F)ccc3C2)cc1F. The summed E-state index contributed by atoms with van der Waals surface area (Å²) in [7, 11) is 0.